The molecule has 7 heteroatoms. The highest BCUT2D eigenvalue weighted by molar-refractivity contribution is 5.88. The van der Waals surface area contributed by atoms with E-state index in [0.717, 1.165) is 18.9 Å². The van der Waals surface area contributed by atoms with Gasteiger partial charge in [-0.1, -0.05) is 13.3 Å². The normalized spacial score (nSPS) is 17.7. The molecule has 1 heterocycles. The monoisotopic (exact) mass is 353 g/mol. The summed E-state index contributed by atoms with van der Waals surface area (Å²) in [6.07, 6.45) is 2.01. The Bertz CT molecular complexity index is 604. The molecule has 0 radical (unpaired) electrons. The van der Waals surface area contributed by atoms with Gasteiger partial charge in [0.05, 0.1) is 12.5 Å². The van der Waals surface area contributed by atoms with Gasteiger partial charge in [0, 0.05) is 39.3 Å². The summed E-state index contributed by atoms with van der Waals surface area (Å²) in [5.74, 6) is -1.63. The van der Waals surface area contributed by atoms with Crippen LogP contribution in [0.5, 0.6) is 0 Å². The van der Waals surface area contributed by atoms with Crippen molar-refractivity contribution >= 4 is 11.8 Å². The van der Waals surface area contributed by atoms with Gasteiger partial charge in [0.2, 0.25) is 11.8 Å². The van der Waals surface area contributed by atoms with Crippen molar-refractivity contribution < 1.29 is 18.4 Å². The van der Waals surface area contributed by atoms with Gasteiger partial charge in [-0.25, -0.2) is 8.78 Å². The SMILES string of the molecule is CCCCN(C)C(=O)CC1NCCN(Cc2cc(F)cc(F)c2)C1=O. The highest BCUT2D eigenvalue weighted by atomic mass is 19.1. The first-order valence-corrected chi connectivity index (χ1v) is 8.61. The number of rotatable bonds is 7. The topological polar surface area (TPSA) is 52.7 Å². The average Bonchev–Trinajstić information content (AvgIpc) is 2.55. The molecular weight excluding hydrogens is 328 g/mol. The van der Waals surface area contributed by atoms with Crippen molar-refractivity contribution in [1.82, 2.24) is 15.1 Å². The summed E-state index contributed by atoms with van der Waals surface area (Å²) in [5, 5.41) is 3.06. The lowest BCUT2D eigenvalue weighted by Gasteiger charge is -2.33. The summed E-state index contributed by atoms with van der Waals surface area (Å²) >= 11 is 0. The molecule has 1 fully saturated rings. The number of hydrogen-bond donors (Lipinski definition) is 1. The molecule has 1 unspecified atom stereocenters. The Kier molecular flexibility index (Phi) is 6.87. The molecule has 1 aliphatic heterocycles. The van der Waals surface area contributed by atoms with Crippen LogP contribution in [0.3, 0.4) is 0 Å². The molecule has 25 heavy (non-hydrogen) atoms. The third-order valence-corrected chi connectivity index (χ3v) is 4.33. The molecule has 1 aromatic rings. The van der Waals surface area contributed by atoms with Gasteiger partial charge in [-0.05, 0) is 24.1 Å². The molecule has 0 spiro atoms. The first kappa shape index (κ1) is 19.3. The van der Waals surface area contributed by atoms with E-state index in [4.69, 9.17) is 0 Å². The summed E-state index contributed by atoms with van der Waals surface area (Å²) in [6.45, 7) is 3.83. The quantitative estimate of drug-likeness (QED) is 0.815. The first-order chi connectivity index (χ1) is 11.9. The molecule has 138 valence electrons. The Morgan fingerprint density at radius 1 is 1.32 bits per heavy atom. The van der Waals surface area contributed by atoms with E-state index in [1.165, 1.54) is 17.0 Å². The van der Waals surface area contributed by atoms with Crippen molar-refractivity contribution in [2.24, 2.45) is 0 Å². The molecule has 0 aromatic heterocycles. The minimum absolute atomic E-state index is 0.0852. The second-order valence-electron chi connectivity index (χ2n) is 6.42. The van der Waals surface area contributed by atoms with E-state index in [9.17, 15) is 18.4 Å². The van der Waals surface area contributed by atoms with Crippen molar-refractivity contribution in [3.05, 3.63) is 35.4 Å². The van der Waals surface area contributed by atoms with Crippen LogP contribution in [0.4, 0.5) is 8.78 Å². The van der Waals surface area contributed by atoms with Gasteiger partial charge in [-0.2, -0.15) is 0 Å². The van der Waals surface area contributed by atoms with Crippen molar-refractivity contribution in [2.45, 2.75) is 38.8 Å². The smallest absolute Gasteiger partial charge is 0.240 e. The van der Waals surface area contributed by atoms with E-state index in [1.54, 1.807) is 11.9 Å². The summed E-state index contributed by atoms with van der Waals surface area (Å²) in [6, 6.07) is 2.65. The van der Waals surface area contributed by atoms with Crippen LogP contribution < -0.4 is 5.32 Å². The Morgan fingerprint density at radius 3 is 2.64 bits per heavy atom. The van der Waals surface area contributed by atoms with Gasteiger partial charge < -0.3 is 15.1 Å². The molecule has 1 saturated heterocycles. The summed E-state index contributed by atoms with van der Waals surface area (Å²) in [4.78, 5) is 28.0. The molecule has 5 nitrogen and oxygen atoms in total. The van der Waals surface area contributed by atoms with Crippen LogP contribution in [-0.2, 0) is 16.1 Å². The Labute approximate surface area is 147 Å². The summed E-state index contributed by atoms with van der Waals surface area (Å²) < 4.78 is 26.6. The highest BCUT2D eigenvalue weighted by Crippen LogP contribution is 2.14. The number of piperazine rings is 1. The summed E-state index contributed by atoms with van der Waals surface area (Å²) in [5.41, 5.74) is 0.401. The van der Waals surface area contributed by atoms with Crippen LogP contribution in [0.1, 0.15) is 31.7 Å². The van der Waals surface area contributed by atoms with Crippen LogP contribution in [0.15, 0.2) is 18.2 Å². The number of hydrogen-bond acceptors (Lipinski definition) is 3. The van der Waals surface area contributed by atoms with Crippen LogP contribution in [-0.4, -0.2) is 54.3 Å². The number of carbonyl (C=O) groups is 2. The molecule has 0 saturated carbocycles. The van der Waals surface area contributed by atoms with E-state index in [-0.39, 0.29) is 24.8 Å². The van der Waals surface area contributed by atoms with Gasteiger partial charge in [0.25, 0.3) is 0 Å². The maximum absolute atomic E-state index is 13.3. The molecule has 2 rings (SSSR count). The standard InChI is InChI=1S/C18H25F2N3O2/c1-3-4-6-22(2)17(24)11-16-18(25)23(7-5-21-16)12-13-8-14(19)10-15(20)9-13/h8-10,16,21H,3-7,11-12H2,1-2H3. The van der Waals surface area contributed by atoms with Gasteiger partial charge in [0.15, 0.2) is 0 Å². The lowest BCUT2D eigenvalue weighted by atomic mass is 10.1. The minimum atomic E-state index is -0.665. The van der Waals surface area contributed by atoms with Crippen LogP contribution in [0, 0.1) is 11.6 Å². The molecule has 1 aromatic carbocycles. The number of nitrogens with zero attached hydrogens (tertiary/aromatic N) is 2. The van der Waals surface area contributed by atoms with Crippen molar-refractivity contribution in [1.29, 1.82) is 0 Å². The largest absolute Gasteiger partial charge is 0.346 e. The van der Waals surface area contributed by atoms with E-state index < -0.39 is 17.7 Å². The maximum Gasteiger partial charge on any atom is 0.240 e. The van der Waals surface area contributed by atoms with Crippen molar-refractivity contribution in [2.75, 3.05) is 26.7 Å². The predicted molar refractivity (Wildman–Crippen MR) is 90.7 cm³/mol. The number of benzene rings is 1. The second-order valence-corrected chi connectivity index (χ2v) is 6.42. The molecule has 1 atom stereocenters. The zero-order chi connectivity index (χ0) is 18.4. The molecular formula is C18H25F2N3O2. The molecule has 1 aliphatic rings. The minimum Gasteiger partial charge on any atom is -0.346 e. The van der Waals surface area contributed by atoms with Gasteiger partial charge >= 0.3 is 0 Å². The fourth-order valence-corrected chi connectivity index (χ4v) is 2.88. The van der Waals surface area contributed by atoms with Crippen LogP contribution in [0.2, 0.25) is 0 Å². The zero-order valence-corrected chi connectivity index (χ0v) is 14.7. The number of halogens is 2. The van der Waals surface area contributed by atoms with Gasteiger partial charge in [-0.3, -0.25) is 9.59 Å². The van der Waals surface area contributed by atoms with Gasteiger partial charge in [0.1, 0.15) is 11.6 Å². The average molecular weight is 353 g/mol. The van der Waals surface area contributed by atoms with E-state index in [0.29, 0.717) is 25.2 Å². The van der Waals surface area contributed by atoms with Crippen molar-refractivity contribution in [3.8, 4) is 0 Å². The lowest BCUT2D eigenvalue weighted by Crippen LogP contribution is -2.55. The van der Waals surface area contributed by atoms with Crippen molar-refractivity contribution in [3.63, 3.8) is 0 Å². The first-order valence-electron chi connectivity index (χ1n) is 8.61. The molecule has 1 N–H and O–H groups in total. The second kappa shape index (κ2) is 8.89. The molecule has 0 bridgehead atoms. The maximum atomic E-state index is 13.3. The lowest BCUT2D eigenvalue weighted by molar-refractivity contribution is -0.141. The third-order valence-electron chi connectivity index (χ3n) is 4.33. The Balaban J connectivity index is 1.96. The zero-order valence-electron chi connectivity index (χ0n) is 14.7. The van der Waals surface area contributed by atoms with E-state index >= 15 is 0 Å². The molecule has 2 amide bonds. The Hall–Kier alpha value is -2.02. The fourth-order valence-electron chi connectivity index (χ4n) is 2.88. The predicted octanol–water partition coefficient (Wildman–Crippen LogP) is 1.91. The number of unbranched alkanes of at least 4 members (excludes halogenated alkanes) is 1. The van der Waals surface area contributed by atoms with Crippen LogP contribution >= 0.6 is 0 Å². The van der Waals surface area contributed by atoms with E-state index in [2.05, 4.69) is 12.2 Å². The van der Waals surface area contributed by atoms with Gasteiger partial charge in [-0.15, -0.1) is 0 Å². The Morgan fingerprint density at radius 2 is 2.00 bits per heavy atom. The highest BCUT2D eigenvalue weighted by Gasteiger charge is 2.30. The number of amides is 2. The summed E-state index contributed by atoms with van der Waals surface area (Å²) in [7, 11) is 1.73. The third kappa shape index (κ3) is 5.49. The van der Waals surface area contributed by atoms with Crippen LogP contribution in [0.25, 0.3) is 0 Å². The fraction of sp³-hybridized carbons (Fsp3) is 0.556. The van der Waals surface area contributed by atoms with E-state index in [1.807, 2.05) is 0 Å². The molecule has 0 aliphatic carbocycles. The number of carbonyl (C=O) groups excluding carboxylic acids is 2. The number of nitrogens with one attached hydrogen (secondary N) is 1.